The highest BCUT2D eigenvalue weighted by Gasteiger charge is 2.24. The summed E-state index contributed by atoms with van der Waals surface area (Å²) in [7, 11) is 0. The molecule has 0 aromatic carbocycles. The predicted octanol–water partition coefficient (Wildman–Crippen LogP) is 2.33. The van der Waals surface area contributed by atoms with Crippen LogP contribution in [-0.4, -0.2) is 40.8 Å². The van der Waals surface area contributed by atoms with Crippen molar-refractivity contribution >= 4 is 28.5 Å². The van der Waals surface area contributed by atoms with Gasteiger partial charge in [-0.15, -0.1) is 0 Å². The molecular formula is C14H17ClN4O. The van der Waals surface area contributed by atoms with Crippen molar-refractivity contribution in [2.24, 2.45) is 5.92 Å². The summed E-state index contributed by atoms with van der Waals surface area (Å²) in [5, 5.41) is 0.538. The first-order valence-corrected chi connectivity index (χ1v) is 7.53. The third-order valence-corrected chi connectivity index (χ3v) is 4.22. The lowest BCUT2D eigenvalue weighted by atomic mass is 10.3. The van der Waals surface area contributed by atoms with Crippen molar-refractivity contribution < 1.29 is 4.74 Å². The Morgan fingerprint density at radius 2 is 2.10 bits per heavy atom. The number of ether oxygens (including phenoxy) is 1. The zero-order chi connectivity index (χ0) is 13.5. The summed E-state index contributed by atoms with van der Waals surface area (Å²) in [6, 6.07) is 1.92. The lowest BCUT2D eigenvalue weighted by Crippen LogP contribution is -2.36. The molecule has 0 N–H and O–H groups in total. The molecule has 0 unspecified atom stereocenters. The third kappa shape index (κ3) is 2.25. The first kappa shape index (κ1) is 12.4. The first-order chi connectivity index (χ1) is 9.81. The van der Waals surface area contributed by atoms with Crippen LogP contribution in [0, 0.1) is 5.92 Å². The van der Waals surface area contributed by atoms with Gasteiger partial charge in [0.15, 0.2) is 5.65 Å². The fraction of sp³-hybridized carbons (Fsp3) is 0.571. The van der Waals surface area contributed by atoms with Crippen LogP contribution in [0.3, 0.4) is 0 Å². The van der Waals surface area contributed by atoms with Crippen molar-refractivity contribution in [2.45, 2.75) is 19.4 Å². The summed E-state index contributed by atoms with van der Waals surface area (Å²) >= 11 is 6.21. The first-order valence-electron chi connectivity index (χ1n) is 7.15. The molecule has 0 atom stereocenters. The molecule has 1 aliphatic heterocycles. The van der Waals surface area contributed by atoms with Gasteiger partial charge in [-0.3, -0.25) is 0 Å². The van der Waals surface area contributed by atoms with E-state index >= 15 is 0 Å². The Labute approximate surface area is 122 Å². The van der Waals surface area contributed by atoms with Crippen molar-refractivity contribution in [3.05, 3.63) is 17.5 Å². The van der Waals surface area contributed by atoms with Crippen LogP contribution in [0.5, 0.6) is 0 Å². The number of fused-ring (bicyclic) bond motifs is 1. The maximum Gasteiger partial charge on any atom is 0.163 e. The van der Waals surface area contributed by atoms with Crippen LogP contribution in [0.2, 0.25) is 5.15 Å². The molecule has 4 rings (SSSR count). The summed E-state index contributed by atoms with van der Waals surface area (Å²) in [6.45, 7) is 4.27. The second-order valence-corrected chi connectivity index (χ2v) is 5.96. The Hall–Kier alpha value is -1.33. The highest BCUT2D eigenvalue weighted by atomic mass is 35.5. The van der Waals surface area contributed by atoms with Crippen LogP contribution < -0.4 is 4.90 Å². The van der Waals surface area contributed by atoms with Gasteiger partial charge in [-0.1, -0.05) is 11.6 Å². The lowest BCUT2D eigenvalue weighted by Gasteiger charge is -2.29. The Balaban J connectivity index is 1.77. The van der Waals surface area contributed by atoms with E-state index in [1.807, 2.05) is 12.4 Å². The van der Waals surface area contributed by atoms with Crippen LogP contribution in [-0.2, 0) is 11.3 Å². The van der Waals surface area contributed by atoms with E-state index in [1.165, 1.54) is 12.8 Å². The van der Waals surface area contributed by atoms with Crippen molar-refractivity contribution in [2.75, 3.05) is 31.2 Å². The standard InChI is InChI=1S/C14H17ClN4O/c15-12-7-11(18-3-5-20-6-4-18)13-14(17-12)19(9-16-13)8-10-1-2-10/h7,9-10H,1-6,8H2. The number of anilines is 1. The van der Waals surface area contributed by atoms with Crippen molar-refractivity contribution in [1.82, 2.24) is 14.5 Å². The molecule has 0 radical (unpaired) electrons. The van der Waals surface area contributed by atoms with Crippen molar-refractivity contribution in [3.8, 4) is 0 Å². The summed E-state index contributed by atoms with van der Waals surface area (Å²) < 4.78 is 7.56. The molecule has 0 spiro atoms. The van der Waals surface area contributed by atoms with Gasteiger partial charge in [0.05, 0.1) is 25.2 Å². The van der Waals surface area contributed by atoms with Gasteiger partial charge in [-0.25, -0.2) is 9.97 Å². The van der Waals surface area contributed by atoms with E-state index in [2.05, 4.69) is 19.4 Å². The minimum Gasteiger partial charge on any atom is -0.378 e. The molecule has 5 nitrogen and oxygen atoms in total. The summed E-state index contributed by atoms with van der Waals surface area (Å²) in [6.07, 6.45) is 4.53. The zero-order valence-electron chi connectivity index (χ0n) is 11.3. The largest absolute Gasteiger partial charge is 0.378 e. The SMILES string of the molecule is Clc1cc(N2CCOCC2)c2ncn(CC3CC3)c2n1. The van der Waals surface area contributed by atoms with Gasteiger partial charge in [-0.2, -0.15) is 0 Å². The van der Waals surface area contributed by atoms with Gasteiger partial charge in [0.2, 0.25) is 0 Å². The molecule has 1 saturated heterocycles. The van der Waals surface area contributed by atoms with Crippen molar-refractivity contribution in [1.29, 1.82) is 0 Å². The molecule has 20 heavy (non-hydrogen) atoms. The van der Waals surface area contributed by atoms with E-state index in [-0.39, 0.29) is 0 Å². The van der Waals surface area contributed by atoms with Crippen LogP contribution in [0.4, 0.5) is 5.69 Å². The van der Waals surface area contributed by atoms with Crippen LogP contribution >= 0.6 is 11.6 Å². The number of rotatable bonds is 3. The molecule has 2 fully saturated rings. The normalized spacial score (nSPS) is 19.8. The van der Waals surface area contributed by atoms with Gasteiger partial charge in [0, 0.05) is 25.7 Å². The maximum absolute atomic E-state index is 6.21. The average Bonchev–Trinajstić information content (AvgIpc) is 3.20. The quantitative estimate of drug-likeness (QED) is 0.815. The highest BCUT2D eigenvalue weighted by Crippen LogP contribution is 2.33. The second-order valence-electron chi connectivity index (χ2n) is 5.58. The predicted molar refractivity (Wildman–Crippen MR) is 78.3 cm³/mol. The van der Waals surface area contributed by atoms with E-state index in [9.17, 15) is 0 Å². The van der Waals surface area contributed by atoms with E-state index in [0.29, 0.717) is 5.15 Å². The molecule has 1 saturated carbocycles. The van der Waals surface area contributed by atoms with Gasteiger partial charge in [-0.05, 0) is 18.8 Å². The number of pyridine rings is 1. The van der Waals surface area contributed by atoms with Crippen LogP contribution in [0.25, 0.3) is 11.2 Å². The minimum atomic E-state index is 0.538. The zero-order valence-corrected chi connectivity index (χ0v) is 12.0. The lowest BCUT2D eigenvalue weighted by molar-refractivity contribution is 0.123. The molecule has 0 bridgehead atoms. The van der Waals surface area contributed by atoms with Crippen LogP contribution in [0.15, 0.2) is 12.4 Å². The number of morpholine rings is 1. The second kappa shape index (κ2) is 4.90. The number of imidazole rings is 1. The Kier molecular flexibility index (Phi) is 3.04. The molecule has 6 heteroatoms. The highest BCUT2D eigenvalue weighted by molar-refractivity contribution is 6.30. The fourth-order valence-electron chi connectivity index (χ4n) is 2.75. The number of nitrogens with zero attached hydrogens (tertiary/aromatic N) is 4. The molecule has 2 aromatic heterocycles. The van der Waals surface area contributed by atoms with E-state index in [1.54, 1.807) is 0 Å². The number of halogens is 1. The molecule has 1 aliphatic carbocycles. The molecule has 3 heterocycles. The Bertz CT molecular complexity index is 631. The fourth-order valence-corrected chi connectivity index (χ4v) is 2.93. The molecule has 2 aromatic rings. The number of hydrogen-bond acceptors (Lipinski definition) is 4. The minimum absolute atomic E-state index is 0.538. The molecule has 2 aliphatic rings. The number of hydrogen-bond donors (Lipinski definition) is 0. The van der Waals surface area contributed by atoms with Gasteiger partial charge >= 0.3 is 0 Å². The topological polar surface area (TPSA) is 43.2 Å². The molecular weight excluding hydrogens is 276 g/mol. The van der Waals surface area contributed by atoms with Gasteiger partial charge in [0.1, 0.15) is 10.7 Å². The third-order valence-electron chi connectivity index (χ3n) is 4.02. The smallest absolute Gasteiger partial charge is 0.163 e. The summed E-state index contributed by atoms with van der Waals surface area (Å²) in [4.78, 5) is 11.3. The Morgan fingerprint density at radius 1 is 1.30 bits per heavy atom. The van der Waals surface area contributed by atoms with E-state index in [4.69, 9.17) is 16.3 Å². The monoisotopic (exact) mass is 292 g/mol. The van der Waals surface area contributed by atoms with Gasteiger partial charge < -0.3 is 14.2 Å². The maximum atomic E-state index is 6.21. The van der Waals surface area contributed by atoms with Crippen LogP contribution in [0.1, 0.15) is 12.8 Å². The average molecular weight is 293 g/mol. The summed E-state index contributed by atoms with van der Waals surface area (Å²) in [5.74, 6) is 0.792. The summed E-state index contributed by atoms with van der Waals surface area (Å²) in [5.41, 5.74) is 2.95. The van der Waals surface area contributed by atoms with Crippen molar-refractivity contribution in [3.63, 3.8) is 0 Å². The van der Waals surface area contributed by atoms with E-state index < -0.39 is 0 Å². The Morgan fingerprint density at radius 3 is 2.85 bits per heavy atom. The molecule has 106 valence electrons. The van der Waals surface area contributed by atoms with E-state index in [0.717, 1.165) is 55.6 Å². The molecule has 0 amide bonds. The number of aromatic nitrogens is 3. The van der Waals surface area contributed by atoms with Gasteiger partial charge in [0.25, 0.3) is 0 Å².